The van der Waals surface area contributed by atoms with Crippen molar-refractivity contribution in [2.75, 3.05) is 19.8 Å². The van der Waals surface area contributed by atoms with Crippen LogP contribution in [0.3, 0.4) is 0 Å². The molecular weight excluding hydrogens is 202 g/mol. The minimum atomic E-state index is 0.190. The number of benzene rings is 1. The Balaban J connectivity index is 2.08. The number of nitrogens with two attached hydrogens (primary N) is 1. The van der Waals surface area contributed by atoms with Gasteiger partial charge in [-0.2, -0.15) is 0 Å². The first-order chi connectivity index (χ1) is 7.74. The van der Waals surface area contributed by atoms with E-state index in [1.165, 1.54) is 5.56 Å². The van der Waals surface area contributed by atoms with Crippen LogP contribution < -0.4 is 5.73 Å². The first kappa shape index (κ1) is 11.4. The standard InChI is InChI=1S/C13H19NO2/c14-10-13(5-7-16-8-6-13)9-11-1-3-12(15)4-2-11/h1-4,15H,5-10,14H2. The Morgan fingerprint density at radius 3 is 2.38 bits per heavy atom. The minimum absolute atomic E-state index is 0.190. The predicted molar refractivity (Wildman–Crippen MR) is 63.4 cm³/mol. The summed E-state index contributed by atoms with van der Waals surface area (Å²) in [6.07, 6.45) is 3.04. The Morgan fingerprint density at radius 2 is 1.81 bits per heavy atom. The molecule has 1 heterocycles. The monoisotopic (exact) mass is 221 g/mol. The lowest BCUT2D eigenvalue weighted by Gasteiger charge is -2.36. The van der Waals surface area contributed by atoms with E-state index in [-0.39, 0.29) is 5.41 Å². The van der Waals surface area contributed by atoms with E-state index in [9.17, 15) is 5.11 Å². The van der Waals surface area contributed by atoms with Crippen molar-refractivity contribution in [3.63, 3.8) is 0 Å². The topological polar surface area (TPSA) is 55.5 Å². The van der Waals surface area contributed by atoms with Gasteiger partial charge in [0.25, 0.3) is 0 Å². The lowest BCUT2D eigenvalue weighted by atomic mass is 9.75. The summed E-state index contributed by atoms with van der Waals surface area (Å²) in [6.45, 7) is 2.34. The molecule has 2 rings (SSSR count). The van der Waals surface area contributed by atoms with E-state index in [0.717, 1.165) is 32.5 Å². The van der Waals surface area contributed by atoms with E-state index >= 15 is 0 Å². The van der Waals surface area contributed by atoms with Crippen LogP contribution in [0.15, 0.2) is 24.3 Å². The van der Waals surface area contributed by atoms with Gasteiger partial charge in [-0.05, 0) is 48.9 Å². The smallest absolute Gasteiger partial charge is 0.115 e. The molecule has 16 heavy (non-hydrogen) atoms. The Kier molecular flexibility index (Phi) is 3.46. The Morgan fingerprint density at radius 1 is 1.19 bits per heavy atom. The average molecular weight is 221 g/mol. The fraction of sp³-hybridized carbons (Fsp3) is 0.538. The van der Waals surface area contributed by atoms with Gasteiger partial charge in [-0.15, -0.1) is 0 Å². The molecule has 0 amide bonds. The minimum Gasteiger partial charge on any atom is -0.508 e. The molecule has 0 bridgehead atoms. The van der Waals surface area contributed by atoms with E-state index in [4.69, 9.17) is 10.5 Å². The zero-order valence-corrected chi connectivity index (χ0v) is 9.48. The lowest BCUT2D eigenvalue weighted by molar-refractivity contribution is 0.0191. The fourth-order valence-electron chi connectivity index (χ4n) is 2.30. The zero-order valence-electron chi connectivity index (χ0n) is 9.48. The van der Waals surface area contributed by atoms with Crippen molar-refractivity contribution in [2.24, 2.45) is 11.1 Å². The molecule has 3 nitrogen and oxygen atoms in total. The van der Waals surface area contributed by atoms with Gasteiger partial charge in [-0.1, -0.05) is 12.1 Å². The van der Waals surface area contributed by atoms with Gasteiger partial charge in [0.15, 0.2) is 0 Å². The van der Waals surface area contributed by atoms with Crippen LogP contribution in [0.2, 0.25) is 0 Å². The molecule has 0 aliphatic carbocycles. The second-order valence-corrected chi connectivity index (χ2v) is 4.66. The number of hydrogen-bond acceptors (Lipinski definition) is 3. The maximum atomic E-state index is 9.24. The molecule has 0 radical (unpaired) electrons. The van der Waals surface area contributed by atoms with Crippen molar-refractivity contribution < 1.29 is 9.84 Å². The molecule has 0 saturated carbocycles. The largest absolute Gasteiger partial charge is 0.508 e. The summed E-state index contributed by atoms with van der Waals surface area (Å²) < 4.78 is 5.39. The van der Waals surface area contributed by atoms with Gasteiger partial charge < -0.3 is 15.6 Å². The second-order valence-electron chi connectivity index (χ2n) is 4.66. The summed E-state index contributed by atoms with van der Waals surface area (Å²) in [7, 11) is 0. The second kappa shape index (κ2) is 4.85. The highest BCUT2D eigenvalue weighted by Crippen LogP contribution is 2.33. The zero-order chi connectivity index (χ0) is 11.4. The van der Waals surface area contributed by atoms with E-state index < -0.39 is 0 Å². The summed E-state index contributed by atoms with van der Waals surface area (Å²) in [5.74, 6) is 0.317. The molecule has 88 valence electrons. The highest BCUT2D eigenvalue weighted by atomic mass is 16.5. The van der Waals surface area contributed by atoms with Crippen LogP contribution in [0.4, 0.5) is 0 Å². The molecule has 1 aliphatic rings. The molecule has 0 spiro atoms. The van der Waals surface area contributed by atoms with Crippen molar-refractivity contribution in [1.29, 1.82) is 0 Å². The van der Waals surface area contributed by atoms with Crippen LogP contribution >= 0.6 is 0 Å². The third kappa shape index (κ3) is 2.54. The van der Waals surface area contributed by atoms with Crippen LogP contribution in [0, 0.1) is 5.41 Å². The summed E-state index contributed by atoms with van der Waals surface area (Å²) in [5.41, 5.74) is 7.34. The maximum absolute atomic E-state index is 9.24. The normalized spacial score (nSPS) is 19.6. The third-order valence-corrected chi connectivity index (χ3v) is 3.50. The number of phenolic OH excluding ortho intramolecular Hbond substituents is 1. The highest BCUT2D eigenvalue weighted by molar-refractivity contribution is 5.26. The van der Waals surface area contributed by atoms with Gasteiger partial charge in [0.1, 0.15) is 5.75 Å². The van der Waals surface area contributed by atoms with Gasteiger partial charge in [0.05, 0.1) is 0 Å². The fourth-order valence-corrected chi connectivity index (χ4v) is 2.30. The van der Waals surface area contributed by atoms with Crippen molar-refractivity contribution in [3.8, 4) is 5.75 Å². The Hall–Kier alpha value is -1.06. The summed E-state index contributed by atoms with van der Waals surface area (Å²) in [5, 5.41) is 9.24. The lowest BCUT2D eigenvalue weighted by Crippen LogP contribution is -2.38. The van der Waals surface area contributed by atoms with Crippen LogP contribution in [-0.4, -0.2) is 24.9 Å². The number of hydrogen-bond donors (Lipinski definition) is 2. The van der Waals surface area contributed by atoms with Gasteiger partial charge >= 0.3 is 0 Å². The first-order valence-corrected chi connectivity index (χ1v) is 5.80. The van der Waals surface area contributed by atoms with Crippen molar-refractivity contribution >= 4 is 0 Å². The maximum Gasteiger partial charge on any atom is 0.115 e. The molecule has 3 N–H and O–H groups in total. The van der Waals surface area contributed by atoms with Gasteiger partial charge in [-0.3, -0.25) is 0 Å². The number of aromatic hydroxyl groups is 1. The summed E-state index contributed by atoms with van der Waals surface area (Å²) in [4.78, 5) is 0. The number of phenols is 1. The third-order valence-electron chi connectivity index (χ3n) is 3.50. The van der Waals surface area contributed by atoms with Gasteiger partial charge in [0, 0.05) is 13.2 Å². The number of ether oxygens (including phenoxy) is 1. The van der Waals surface area contributed by atoms with Crippen molar-refractivity contribution in [2.45, 2.75) is 19.3 Å². The molecular formula is C13H19NO2. The van der Waals surface area contributed by atoms with E-state index in [1.54, 1.807) is 12.1 Å². The predicted octanol–water partition coefficient (Wildman–Crippen LogP) is 1.69. The molecule has 1 aromatic rings. The van der Waals surface area contributed by atoms with E-state index in [1.807, 2.05) is 12.1 Å². The number of rotatable bonds is 3. The molecule has 1 aromatic carbocycles. The Labute approximate surface area is 96.2 Å². The first-order valence-electron chi connectivity index (χ1n) is 5.80. The summed E-state index contributed by atoms with van der Waals surface area (Å²) >= 11 is 0. The van der Waals surface area contributed by atoms with Gasteiger partial charge in [-0.25, -0.2) is 0 Å². The van der Waals surface area contributed by atoms with E-state index in [0.29, 0.717) is 12.3 Å². The van der Waals surface area contributed by atoms with Crippen LogP contribution in [0.25, 0.3) is 0 Å². The average Bonchev–Trinajstić information content (AvgIpc) is 2.33. The quantitative estimate of drug-likeness (QED) is 0.816. The molecule has 1 saturated heterocycles. The highest BCUT2D eigenvalue weighted by Gasteiger charge is 2.31. The molecule has 0 atom stereocenters. The molecule has 1 fully saturated rings. The van der Waals surface area contributed by atoms with Crippen molar-refractivity contribution in [3.05, 3.63) is 29.8 Å². The van der Waals surface area contributed by atoms with Gasteiger partial charge in [0.2, 0.25) is 0 Å². The summed E-state index contributed by atoms with van der Waals surface area (Å²) in [6, 6.07) is 7.42. The van der Waals surface area contributed by atoms with Crippen LogP contribution in [-0.2, 0) is 11.2 Å². The molecule has 0 aromatic heterocycles. The molecule has 3 heteroatoms. The van der Waals surface area contributed by atoms with Crippen LogP contribution in [0.5, 0.6) is 5.75 Å². The molecule has 0 unspecified atom stereocenters. The van der Waals surface area contributed by atoms with Crippen molar-refractivity contribution in [1.82, 2.24) is 0 Å². The SMILES string of the molecule is NCC1(Cc2ccc(O)cc2)CCOCC1. The molecule has 1 aliphatic heterocycles. The van der Waals surface area contributed by atoms with Crippen LogP contribution in [0.1, 0.15) is 18.4 Å². The van der Waals surface area contributed by atoms with E-state index in [2.05, 4.69) is 0 Å². The Bertz CT molecular complexity index is 328.